The van der Waals surface area contributed by atoms with Crippen LogP contribution in [0.15, 0.2) is 59.3 Å². The summed E-state index contributed by atoms with van der Waals surface area (Å²) >= 11 is 11.9. The fourth-order valence-corrected chi connectivity index (χ4v) is 2.86. The van der Waals surface area contributed by atoms with Gasteiger partial charge in [-0.3, -0.25) is 19.3 Å². The first-order chi connectivity index (χ1) is 12.4. The van der Waals surface area contributed by atoms with E-state index in [9.17, 15) is 14.4 Å². The lowest BCUT2D eigenvalue weighted by Gasteiger charge is -2.15. The van der Waals surface area contributed by atoms with Gasteiger partial charge in [0.05, 0.1) is 6.54 Å². The van der Waals surface area contributed by atoms with Gasteiger partial charge in [0.15, 0.2) is 5.78 Å². The largest absolute Gasteiger partial charge is 0.350 e. The molecular formula is C19H14Cl2N2O3. The van der Waals surface area contributed by atoms with Gasteiger partial charge in [-0.25, -0.2) is 0 Å². The van der Waals surface area contributed by atoms with E-state index in [0.717, 1.165) is 10.5 Å². The molecular weight excluding hydrogens is 375 g/mol. The van der Waals surface area contributed by atoms with Gasteiger partial charge >= 0.3 is 0 Å². The molecule has 0 fully saturated rings. The Balaban J connectivity index is 1.77. The Morgan fingerprint density at radius 1 is 0.962 bits per heavy atom. The van der Waals surface area contributed by atoms with Crippen LogP contribution in [0.3, 0.4) is 0 Å². The molecule has 0 aromatic heterocycles. The maximum Gasteiger partial charge on any atom is 0.279 e. The Kier molecular flexibility index (Phi) is 5.11. The maximum atomic E-state index is 12.6. The van der Waals surface area contributed by atoms with Crippen molar-refractivity contribution in [2.24, 2.45) is 0 Å². The monoisotopic (exact) mass is 388 g/mol. The van der Waals surface area contributed by atoms with Crippen LogP contribution in [-0.2, 0) is 16.1 Å². The minimum absolute atomic E-state index is 0.0150. The molecule has 3 rings (SSSR count). The van der Waals surface area contributed by atoms with Crippen LogP contribution in [0.5, 0.6) is 0 Å². The third kappa shape index (κ3) is 3.64. The minimum Gasteiger partial charge on any atom is -0.350 e. The summed E-state index contributed by atoms with van der Waals surface area (Å²) in [6.07, 6.45) is 0. The van der Waals surface area contributed by atoms with Crippen LogP contribution in [0.25, 0.3) is 0 Å². The Morgan fingerprint density at radius 3 is 2.15 bits per heavy atom. The van der Waals surface area contributed by atoms with E-state index in [1.807, 2.05) is 0 Å². The van der Waals surface area contributed by atoms with E-state index in [1.54, 1.807) is 48.5 Å². The van der Waals surface area contributed by atoms with Crippen molar-refractivity contribution in [2.45, 2.75) is 13.5 Å². The van der Waals surface area contributed by atoms with E-state index in [1.165, 1.54) is 6.92 Å². The van der Waals surface area contributed by atoms with Crippen LogP contribution in [0.2, 0.25) is 5.02 Å². The number of amides is 2. The Labute approximate surface area is 160 Å². The Hall–Kier alpha value is -2.63. The summed E-state index contributed by atoms with van der Waals surface area (Å²) in [5.74, 6) is -1.13. The molecule has 0 aliphatic carbocycles. The molecule has 1 N–H and O–H groups in total. The van der Waals surface area contributed by atoms with Crippen LogP contribution in [-0.4, -0.2) is 22.5 Å². The van der Waals surface area contributed by atoms with Crippen molar-refractivity contribution in [1.29, 1.82) is 0 Å². The van der Waals surface area contributed by atoms with E-state index in [0.29, 0.717) is 16.3 Å². The number of benzene rings is 2. The molecule has 2 aromatic rings. The number of ketones is 1. The second kappa shape index (κ2) is 7.32. The fourth-order valence-electron chi connectivity index (χ4n) is 2.50. The molecule has 0 atom stereocenters. The molecule has 1 aliphatic rings. The van der Waals surface area contributed by atoms with Crippen LogP contribution >= 0.6 is 23.2 Å². The molecule has 5 nitrogen and oxygen atoms in total. The number of nitrogens with one attached hydrogen (secondary N) is 1. The van der Waals surface area contributed by atoms with Crippen LogP contribution in [0.1, 0.15) is 22.8 Å². The highest BCUT2D eigenvalue weighted by Crippen LogP contribution is 2.27. The lowest BCUT2D eigenvalue weighted by molar-refractivity contribution is -0.138. The molecule has 0 saturated carbocycles. The summed E-state index contributed by atoms with van der Waals surface area (Å²) < 4.78 is 0. The summed E-state index contributed by atoms with van der Waals surface area (Å²) in [6, 6.07) is 13.4. The van der Waals surface area contributed by atoms with Crippen LogP contribution < -0.4 is 5.32 Å². The number of hydrogen-bond donors (Lipinski definition) is 1. The second-order valence-electron chi connectivity index (χ2n) is 5.77. The zero-order chi connectivity index (χ0) is 18.8. The van der Waals surface area contributed by atoms with E-state index in [2.05, 4.69) is 5.32 Å². The maximum absolute atomic E-state index is 12.6. The molecule has 1 aliphatic heterocycles. The number of rotatable bonds is 5. The quantitative estimate of drug-likeness (QED) is 0.621. The average Bonchev–Trinajstić information content (AvgIpc) is 2.82. The standard InChI is InChI=1S/C19H14Cl2N2O3/c1-11(24)13-4-8-15(9-5-13)22-17-16(21)18(25)23(19(17)26)10-12-2-6-14(20)7-3-12/h2-9,22H,10H2,1H3. The Bertz CT molecular complexity index is 919. The molecule has 0 saturated heterocycles. The Morgan fingerprint density at radius 2 is 1.58 bits per heavy atom. The third-order valence-corrected chi connectivity index (χ3v) is 4.53. The van der Waals surface area contributed by atoms with Crippen molar-refractivity contribution in [3.63, 3.8) is 0 Å². The number of carbonyl (C=O) groups excluding carboxylic acids is 3. The lowest BCUT2D eigenvalue weighted by atomic mass is 10.1. The second-order valence-corrected chi connectivity index (χ2v) is 6.58. The summed E-state index contributed by atoms with van der Waals surface area (Å²) in [6.45, 7) is 1.56. The molecule has 132 valence electrons. The number of nitrogens with zero attached hydrogens (tertiary/aromatic N) is 1. The fraction of sp³-hybridized carbons (Fsp3) is 0.105. The van der Waals surface area contributed by atoms with Gasteiger partial charge in [-0.15, -0.1) is 0 Å². The molecule has 2 amide bonds. The number of halogens is 2. The average molecular weight is 389 g/mol. The smallest absolute Gasteiger partial charge is 0.279 e. The first-order valence-electron chi connectivity index (χ1n) is 7.75. The topological polar surface area (TPSA) is 66.5 Å². The number of anilines is 1. The molecule has 7 heteroatoms. The number of Topliss-reactive ketones (excluding diaryl/α,β-unsaturated/α-hetero) is 1. The first kappa shape index (κ1) is 18.2. The highest BCUT2D eigenvalue weighted by Gasteiger charge is 2.37. The minimum atomic E-state index is -0.561. The van der Waals surface area contributed by atoms with Gasteiger partial charge in [-0.05, 0) is 48.9 Å². The normalized spacial score (nSPS) is 14.2. The van der Waals surface area contributed by atoms with Crippen molar-refractivity contribution >= 4 is 46.5 Å². The zero-order valence-corrected chi connectivity index (χ0v) is 15.3. The van der Waals surface area contributed by atoms with Gasteiger partial charge in [0.2, 0.25) is 0 Å². The first-order valence-corrected chi connectivity index (χ1v) is 8.51. The number of hydrogen-bond acceptors (Lipinski definition) is 4. The van der Waals surface area contributed by atoms with Crippen LogP contribution in [0.4, 0.5) is 5.69 Å². The summed E-state index contributed by atoms with van der Waals surface area (Å²) in [5.41, 5.74) is 1.88. The van der Waals surface area contributed by atoms with Crippen molar-refractivity contribution in [1.82, 2.24) is 4.90 Å². The predicted molar refractivity (Wildman–Crippen MR) is 100.0 cm³/mol. The van der Waals surface area contributed by atoms with Crippen molar-refractivity contribution in [2.75, 3.05) is 5.32 Å². The summed E-state index contributed by atoms with van der Waals surface area (Å²) in [7, 11) is 0. The lowest BCUT2D eigenvalue weighted by Crippen LogP contribution is -2.31. The van der Waals surface area contributed by atoms with Crippen LogP contribution in [0, 0.1) is 0 Å². The molecule has 26 heavy (non-hydrogen) atoms. The van der Waals surface area contributed by atoms with Gasteiger partial charge in [-0.2, -0.15) is 0 Å². The number of imide groups is 1. The van der Waals surface area contributed by atoms with E-state index < -0.39 is 11.8 Å². The van der Waals surface area contributed by atoms with Gasteiger partial charge in [0.1, 0.15) is 10.7 Å². The van der Waals surface area contributed by atoms with Crippen molar-refractivity contribution in [3.05, 3.63) is 75.4 Å². The molecule has 2 aromatic carbocycles. The molecule has 0 spiro atoms. The van der Waals surface area contributed by atoms with Crippen molar-refractivity contribution < 1.29 is 14.4 Å². The highest BCUT2D eigenvalue weighted by molar-refractivity contribution is 6.48. The summed E-state index contributed by atoms with van der Waals surface area (Å²) in [5, 5.41) is 3.27. The van der Waals surface area contributed by atoms with Gasteiger partial charge in [-0.1, -0.05) is 35.3 Å². The van der Waals surface area contributed by atoms with Gasteiger partial charge in [0.25, 0.3) is 11.8 Å². The van der Waals surface area contributed by atoms with Gasteiger partial charge < -0.3 is 5.32 Å². The van der Waals surface area contributed by atoms with E-state index in [-0.39, 0.29) is 23.1 Å². The third-order valence-electron chi connectivity index (χ3n) is 3.93. The molecule has 0 bridgehead atoms. The predicted octanol–water partition coefficient (Wildman–Crippen LogP) is 3.97. The van der Waals surface area contributed by atoms with E-state index >= 15 is 0 Å². The molecule has 1 heterocycles. The van der Waals surface area contributed by atoms with Crippen molar-refractivity contribution in [3.8, 4) is 0 Å². The van der Waals surface area contributed by atoms with Gasteiger partial charge in [0, 0.05) is 16.3 Å². The molecule has 0 radical (unpaired) electrons. The highest BCUT2D eigenvalue weighted by atomic mass is 35.5. The zero-order valence-electron chi connectivity index (χ0n) is 13.8. The SMILES string of the molecule is CC(=O)c1ccc(NC2=C(Cl)C(=O)N(Cc3ccc(Cl)cc3)C2=O)cc1. The van der Waals surface area contributed by atoms with E-state index in [4.69, 9.17) is 23.2 Å². The number of carbonyl (C=O) groups is 3. The summed E-state index contributed by atoms with van der Waals surface area (Å²) in [4.78, 5) is 37.3. The molecule has 0 unspecified atom stereocenters.